The van der Waals surface area contributed by atoms with Crippen molar-refractivity contribution < 1.29 is 4.74 Å². The first-order chi connectivity index (χ1) is 10.3. The minimum absolute atomic E-state index is 0.213. The second-order valence-electron chi connectivity index (χ2n) is 4.05. The first-order valence-corrected chi connectivity index (χ1v) is 7.16. The van der Waals surface area contributed by atoms with Gasteiger partial charge < -0.3 is 4.74 Å². The van der Waals surface area contributed by atoms with E-state index >= 15 is 0 Å². The van der Waals surface area contributed by atoms with Crippen LogP contribution in [0.25, 0.3) is 11.4 Å². The van der Waals surface area contributed by atoms with Crippen LogP contribution < -0.4 is 4.74 Å². The van der Waals surface area contributed by atoms with Gasteiger partial charge in [0.05, 0.1) is 0 Å². The van der Waals surface area contributed by atoms with Gasteiger partial charge in [0, 0.05) is 10.4 Å². The van der Waals surface area contributed by atoms with Crippen molar-refractivity contribution in [3.05, 3.63) is 45.9 Å². The van der Waals surface area contributed by atoms with Gasteiger partial charge in [-0.3, -0.25) is 0 Å². The molecule has 0 amide bonds. The number of nitrogens with zero attached hydrogens (tertiary/aromatic N) is 4. The molecule has 0 fully saturated rings. The van der Waals surface area contributed by atoms with E-state index in [4.69, 9.17) is 21.6 Å². The molecule has 0 aliphatic rings. The molecule has 0 radical (unpaired) electrons. The summed E-state index contributed by atoms with van der Waals surface area (Å²) in [5.41, 5.74) is 2.20. The smallest absolute Gasteiger partial charge is 0.274 e. The van der Waals surface area contributed by atoms with Gasteiger partial charge in [0.25, 0.3) is 5.19 Å². The largest absolute Gasteiger partial charge is 0.465 e. The van der Waals surface area contributed by atoms with Gasteiger partial charge in [-0.05, 0) is 17.7 Å². The molecule has 1 N–H and O–H groups in total. The fourth-order valence-electron chi connectivity index (χ4n) is 1.65. The minimum Gasteiger partial charge on any atom is -0.465 e. The van der Waals surface area contributed by atoms with Crippen LogP contribution in [0.15, 0.2) is 29.6 Å². The van der Waals surface area contributed by atoms with E-state index in [-0.39, 0.29) is 5.69 Å². The third kappa shape index (κ3) is 3.02. The highest BCUT2D eigenvalue weighted by Gasteiger charge is 2.14. The van der Waals surface area contributed by atoms with E-state index in [1.807, 2.05) is 30.3 Å². The van der Waals surface area contributed by atoms with Crippen molar-refractivity contribution in [1.29, 1.82) is 5.26 Å². The molecule has 0 aliphatic carbocycles. The molecule has 104 valence electrons. The molecular weight excluding hydrogens is 310 g/mol. The maximum absolute atomic E-state index is 8.91. The van der Waals surface area contributed by atoms with Crippen molar-refractivity contribution in [2.45, 2.75) is 6.61 Å². The van der Waals surface area contributed by atoms with E-state index in [0.29, 0.717) is 28.2 Å². The van der Waals surface area contributed by atoms with Crippen LogP contribution in [0.5, 0.6) is 5.19 Å². The van der Waals surface area contributed by atoms with Crippen LogP contribution in [0, 0.1) is 11.3 Å². The van der Waals surface area contributed by atoms with Gasteiger partial charge in [-0.25, -0.2) is 4.98 Å². The monoisotopic (exact) mass is 317 g/mol. The molecule has 0 spiro atoms. The van der Waals surface area contributed by atoms with E-state index in [1.54, 1.807) is 5.38 Å². The highest BCUT2D eigenvalue weighted by Crippen LogP contribution is 2.26. The number of rotatable bonds is 4. The summed E-state index contributed by atoms with van der Waals surface area (Å²) in [6.45, 7) is 0.397. The van der Waals surface area contributed by atoms with Gasteiger partial charge in [0.15, 0.2) is 5.69 Å². The minimum atomic E-state index is 0.213. The number of halogens is 1. The zero-order valence-corrected chi connectivity index (χ0v) is 12.1. The van der Waals surface area contributed by atoms with Gasteiger partial charge in [-0.2, -0.15) is 15.6 Å². The second kappa shape index (κ2) is 5.91. The third-order valence-electron chi connectivity index (χ3n) is 2.66. The molecule has 3 aromatic rings. The van der Waals surface area contributed by atoms with Crippen molar-refractivity contribution in [1.82, 2.24) is 20.4 Å². The lowest BCUT2D eigenvalue weighted by molar-refractivity contribution is 0.305. The zero-order chi connectivity index (χ0) is 14.7. The molecule has 0 atom stereocenters. The Bertz CT molecular complexity index is 790. The molecule has 0 saturated carbocycles. The van der Waals surface area contributed by atoms with Crippen molar-refractivity contribution in [3.8, 4) is 22.7 Å². The fraction of sp³-hybridized carbons (Fsp3) is 0.0769. The highest BCUT2D eigenvalue weighted by atomic mass is 35.5. The number of benzene rings is 1. The molecular formula is C13H8ClN5OS. The Hall–Kier alpha value is -2.43. The number of nitriles is 1. The topological polar surface area (TPSA) is 87.5 Å². The number of ether oxygens (including phenoxy) is 1. The molecule has 21 heavy (non-hydrogen) atoms. The van der Waals surface area contributed by atoms with Gasteiger partial charge in [-0.1, -0.05) is 35.1 Å². The first kappa shape index (κ1) is 13.5. The number of thiazole rings is 1. The average molecular weight is 318 g/mol. The Morgan fingerprint density at radius 1 is 1.29 bits per heavy atom. The SMILES string of the molecule is N#Cc1n[nH]nc1-c1csc(OCc2ccc(Cl)cc2)n1. The lowest BCUT2D eigenvalue weighted by Gasteiger charge is -2.02. The Morgan fingerprint density at radius 2 is 2.10 bits per heavy atom. The lowest BCUT2D eigenvalue weighted by atomic mass is 10.2. The summed E-state index contributed by atoms with van der Waals surface area (Å²) in [7, 11) is 0. The molecule has 1 aromatic carbocycles. The summed E-state index contributed by atoms with van der Waals surface area (Å²) in [4.78, 5) is 4.29. The van der Waals surface area contributed by atoms with E-state index in [0.717, 1.165) is 5.56 Å². The van der Waals surface area contributed by atoms with Crippen LogP contribution in [0.1, 0.15) is 11.3 Å². The normalized spacial score (nSPS) is 10.3. The van der Waals surface area contributed by atoms with E-state index in [9.17, 15) is 0 Å². The van der Waals surface area contributed by atoms with Crippen LogP contribution in [-0.4, -0.2) is 20.4 Å². The number of H-pyrrole nitrogens is 1. The molecule has 0 bridgehead atoms. The standard InChI is InChI=1S/C13H8ClN5OS/c14-9-3-1-8(2-4-9)6-20-13-16-11(7-21-13)12-10(5-15)17-19-18-12/h1-4,7H,6H2,(H,17,18,19). The lowest BCUT2D eigenvalue weighted by Crippen LogP contribution is -1.94. The van der Waals surface area contributed by atoms with E-state index in [1.165, 1.54) is 11.3 Å². The number of hydrogen-bond acceptors (Lipinski definition) is 6. The Kier molecular flexibility index (Phi) is 3.81. The van der Waals surface area contributed by atoms with Crippen molar-refractivity contribution in [2.24, 2.45) is 0 Å². The molecule has 2 heterocycles. The van der Waals surface area contributed by atoms with Crippen LogP contribution in [0.3, 0.4) is 0 Å². The van der Waals surface area contributed by atoms with Gasteiger partial charge in [0.1, 0.15) is 24.1 Å². The summed E-state index contributed by atoms with van der Waals surface area (Å²) >= 11 is 7.16. The maximum atomic E-state index is 8.91. The molecule has 0 unspecified atom stereocenters. The number of aromatic amines is 1. The molecule has 3 rings (SSSR count). The second-order valence-corrected chi connectivity index (χ2v) is 5.30. The molecule has 0 saturated heterocycles. The Balaban J connectivity index is 1.71. The molecule has 0 aliphatic heterocycles. The summed E-state index contributed by atoms with van der Waals surface area (Å²) in [6.07, 6.45) is 0. The zero-order valence-electron chi connectivity index (χ0n) is 10.6. The van der Waals surface area contributed by atoms with E-state index in [2.05, 4.69) is 20.4 Å². The predicted molar refractivity (Wildman–Crippen MR) is 78.0 cm³/mol. The summed E-state index contributed by atoms with van der Waals surface area (Å²) in [5.74, 6) is 0. The van der Waals surface area contributed by atoms with Crippen molar-refractivity contribution >= 4 is 22.9 Å². The van der Waals surface area contributed by atoms with Crippen LogP contribution in [-0.2, 0) is 6.61 Å². The highest BCUT2D eigenvalue weighted by molar-refractivity contribution is 7.11. The molecule has 8 heteroatoms. The Morgan fingerprint density at radius 3 is 2.86 bits per heavy atom. The van der Waals surface area contributed by atoms with Crippen LogP contribution in [0.2, 0.25) is 5.02 Å². The first-order valence-electron chi connectivity index (χ1n) is 5.90. The summed E-state index contributed by atoms with van der Waals surface area (Å²) < 4.78 is 5.61. The van der Waals surface area contributed by atoms with Crippen molar-refractivity contribution in [2.75, 3.05) is 0 Å². The number of aromatic nitrogens is 4. The summed E-state index contributed by atoms with van der Waals surface area (Å²) in [5, 5.41) is 21.9. The number of hydrogen-bond donors (Lipinski definition) is 1. The van der Waals surface area contributed by atoms with Gasteiger partial charge >= 0.3 is 0 Å². The molecule has 2 aromatic heterocycles. The average Bonchev–Trinajstić information content (AvgIpc) is 3.15. The van der Waals surface area contributed by atoms with Gasteiger partial charge in [0.2, 0.25) is 0 Å². The van der Waals surface area contributed by atoms with Gasteiger partial charge in [-0.15, -0.1) is 5.10 Å². The van der Waals surface area contributed by atoms with Crippen LogP contribution >= 0.6 is 22.9 Å². The fourth-order valence-corrected chi connectivity index (χ4v) is 2.43. The quantitative estimate of drug-likeness (QED) is 0.799. The Labute approximate surface area is 129 Å². The maximum Gasteiger partial charge on any atom is 0.274 e. The molecule has 6 nitrogen and oxygen atoms in total. The van der Waals surface area contributed by atoms with Crippen molar-refractivity contribution in [3.63, 3.8) is 0 Å². The van der Waals surface area contributed by atoms with E-state index < -0.39 is 0 Å². The predicted octanol–water partition coefficient (Wildman–Crippen LogP) is 3.03. The number of nitrogens with one attached hydrogen (secondary N) is 1. The third-order valence-corrected chi connectivity index (χ3v) is 3.66. The van der Waals surface area contributed by atoms with Crippen LogP contribution in [0.4, 0.5) is 0 Å². The summed E-state index contributed by atoms with van der Waals surface area (Å²) in [6, 6.07) is 9.35.